The van der Waals surface area contributed by atoms with Crippen LogP contribution in [0.15, 0.2) is 24.3 Å². The molecule has 0 aromatic heterocycles. The fraction of sp³-hybridized carbons (Fsp3) is 0.556. The first-order valence-electron chi connectivity index (χ1n) is 8.18. The van der Waals surface area contributed by atoms with Crippen LogP contribution in [0, 0.1) is 5.92 Å². The Bertz CT molecular complexity index is 510. The molecule has 2 N–H and O–H groups in total. The molecule has 4 heteroatoms. The molecule has 22 heavy (non-hydrogen) atoms. The van der Waals surface area contributed by atoms with Crippen LogP contribution in [0.25, 0.3) is 0 Å². The molecule has 0 heterocycles. The van der Waals surface area contributed by atoms with Crippen molar-refractivity contribution in [3.63, 3.8) is 0 Å². The molecule has 120 valence electrons. The number of hydrogen-bond acceptors (Lipinski definition) is 2. The second-order valence-electron chi connectivity index (χ2n) is 6.21. The number of hydrogen-bond donors (Lipinski definition) is 2. The molecule has 1 aromatic rings. The predicted octanol–water partition coefficient (Wildman–Crippen LogP) is 2.94. The van der Waals surface area contributed by atoms with Gasteiger partial charge in [-0.15, -0.1) is 0 Å². The number of aliphatic carboxylic acids is 1. The zero-order valence-electron chi connectivity index (χ0n) is 13.2. The molecule has 0 radical (unpaired) electrons. The predicted molar refractivity (Wildman–Crippen MR) is 85.7 cm³/mol. The van der Waals surface area contributed by atoms with E-state index in [1.54, 1.807) is 0 Å². The summed E-state index contributed by atoms with van der Waals surface area (Å²) in [6.07, 6.45) is 5.79. The van der Waals surface area contributed by atoms with E-state index in [1.165, 1.54) is 18.4 Å². The summed E-state index contributed by atoms with van der Waals surface area (Å²) in [6, 6.07) is 8.22. The molecular formula is C18H25NO3. The van der Waals surface area contributed by atoms with E-state index in [2.05, 4.69) is 24.4 Å². The number of carbonyl (C=O) groups excluding carboxylic acids is 1. The molecule has 1 aromatic carbocycles. The number of amides is 1. The second-order valence-corrected chi connectivity index (χ2v) is 6.21. The van der Waals surface area contributed by atoms with Crippen molar-refractivity contribution in [2.75, 3.05) is 0 Å². The lowest BCUT2D eigenvalue weighted by molar-refractivity contribution is -0.141. The van der Waals surface area contributed by atoms with Crippen molar-refractivity contribution in [1.82, 2.24) is 5.32 Å². The van der Waals surface area contributed by atoms with Crippen molar-refractivity contribution in [2.45, 2.75) is 57.9 Å². The number of nitrogens with one attached hydrogen (secondary N) is 1. The molecule has 0 saturated heterocycles. The standard InChI is InChI=1S/C18H25NO3/c1-2-3-4-13-5-7-14(8-6-13)11-17(20)19-16-10-9-15(12-16)18(21)22/h5-8,15-16H,2-4,9-12H2,1H3,(H,19,20)(H,21,22)/t15-,16+/m1/s1. The van der Waals surface area contributed by atoms with Crippen molar-refractivity contribution < 1.29 is 14.7 Å². The third-order valence-electron chi connectivity index (χ3n) is 4.35. The highest BCUT2D eigenvalue weighted by molar-refractivity contribution is 5.79. The molecule has 0 unspecified atom stereocenters. The summed E-state index contributed by atoms with van der Waals surface area (Å²) < 4.78 is 0. The van der Waals surface area contributed by atoms with Crippen LogP contribution in [0.3, 0.4) is 0 Å². The lowest BCUT2D eigenvalue weighted by Crippen LogP contribution is -2.34. The van der Waals surface area contributed by atoms with E-state index in [-0.39, 0.29) is 17.9 Å². The van der Waals surface area contributed by atoms with Gasteiger partial charge in [-0.2, -0.15) is 0 Å². The van der Waals surface area contributed by atoms with Gasteiger partial charge in [0.15, 0.2) is 0 Å². The van der Waals surface area contributed by atoms with Crippen molar-refractivity contribution in [2.24, 2.45) is 5.92 Å². The summed E-state index contributed by atoms with van der Waals surface area (Å²) in [5.74, 6) is -1.07. The summed E-state index contributed by atoms with van der Waals surface area (Å²) in [6.45, 7) is 2.18. The SMILES string of the molecule is CCCCc1ccc(CC(=O)N[C@H]2CC[C@@H](C(=O)O)C2)cc1. The summed E-state index contributed by atoms with van der Waals surface area (Å²) >= 11 is 0. The molecule has 1 aliphatic carbocycles. The van der Waals surface area contributed by atoms with Crippen LogP contribution < -0.4 is 5.32 Å². The number of carboxylic acid groups (broad SMARTS) is 1. The molecule has 1 aliphatic rings. The van der Waals surface area contributed by atoms with Crippen LogP contribution in [0.4, 0.5) is 0 Å². The number of aryl methyl sites for hydroxylation is 1. The van der Waals surface area contributed by atoms with Gasteiger partial charge >= 0.3 is 5.97 Å². The average molecular weight is 303 g/mol. The Hall–Kier alpha value is -1.84. The first-order chi connectivity index (χ1) is 10.6. The van der Waals surface area contributed by atoms with Gasteiger partial charge in [0.2, 0.25) is 5.91 Å². The Morgan fingerprint density at radius 3 is 2.45 bits per heavy atom. The highest BCUT2D eigenvalue weighted by Crippen LogP contribution is 2.25. The van der Waals surface area contributed by atoms with E-state index in [0.717, 1.165) is 18.4 Å². The highest BCUT2D eigenvalue weighted by Gasteiger charge is 2.30. The molecule has 0 spiro atoms. The molecule has 1 saturated carbocycles. The number of carboxylic acids is 1. The molecule has 0 bridgehead atoms. The molecule has 1 amide bonds. The van der Waals surface area contributed by atoms with Gasteiger partial charge in [0.05, 0.1) is 12.3 Å². The normalized spacial score (nSPS) is 20.8. The van der Waals surface area contributed by atoms with E-state index < -0.39 is 5.97 Å². The minimum Gasteiger partial charge on any atom is -0.481 e. The second kappa shape index (κ2) is 7.97. The van der Waals surface area contributed by atoms with Crippen molar-refractivity contribution in [3.8, 4) is 0 Å². The van der Waals surface area contributed by atoms with E-state index in [0.29, 0.717) is 19.3 Å². The van der Waals surface area contributed by atoms with Crippen molar-refractivity contribution >= 4 is 11.9 Å². The number of rotatable bonds is 7. The van der Waals surface area contributed by atoms with E-state index in [1.807, 2.05) is 12.1 Å². The maximum absolute atomic E-state index is 12.0. The van der Waals surface area contributed by atoms with Gasteiger partial charge in [-0.25, -0.2) is 0 Å². The molecule has 2 atom stereocenters. The van der Waals surface area contributed by atoms with Crippen molar-refractivity contribution in [3.05, 3.63) is 35.4 Å². The van der Waals surface area contributed by atoms with Gasteiger partial charge in [-0.1, -0.05) is 37.6 Å². The Morgan fingerprint density at radius 1 is 1.18 bits per heavy atom. The smallest absolute Gasteiger partial charge is 0.306 e. The Balaban J connectivity index is 1.78. The van der Waals surface area contributed by atoms with Gasteiger partial charge in [0.25, 0.3) is 0 Å². The largest absolute Gasteiger partial charge is 0.481 e. The number of carbonyl (C=O) groups is 2. The third-order valence-corrected chi connectivity index (χ3v) is 4.35. The topological polar surface area (TPSA) is 66.4 Å². The van der Waals surface area contributed by atoms with Crippen LogP contribution >= 0.6 is 0 Å². The third kappa shape index (κ3) is 4.86. The van der Waals surface area contributed by atoms with Gasteiger partial charge in [-0.05, 0) is 43.2 Å². The average Bonchev–Trinajstić information content (AvgIpc) is 2.95. The first-order valence-corrected chi connectivity index (χ1v) is 8.18. The fourth-order valence-corrected chi connectivity index (χ4v) is 3.01. The van der Waals surface area contributed by atoms with Gasteiger partial charge in [0, 0.05) is 6.04 Å². The Morgan fingerprint density at radius 2 is 1.86 bits per heavy atom. The monoisotopic (exact) mass is 303 g/mol. The Labute approximate surface area is 131 Å². The van der Waals surface area contributed by atoms with Crippen LogP contribution in [0.5, 0.6) is 0 Å². The van der Waals surface area contributed by atoms with Gasteiger partial charge in [-0.3, -0.25) is 9.59 Å². The maximum atomic E-state index is 12.0. The quantitative estimate of drug-likeness (QED) is 0.814. The molecule has 4 nitrogen and oxygen atoms in total. The summed E-state index contributed by atoms with van der Waals surface area (Å²) in [4.78, 5) is 23.0. The molecule has 2 rings (SSSR count). The van der Waals surface area contributed by atoms with E-state index in [9.17, 15) is 9.59 Å². The lowest BCUT2D eigenvalue weighted by atomic mass is 10.0. The van der Waals surface area contributed by atoms with E-state index in [4.69, 9.17) is 5.11 Å². The number of unbranched alkanes of at least 4 members (excludes halogenated alkanes) is 1. The van der Waals surface area contributed by atoms with Crippen molar-refractivity contribution in [1.29, 1.82) is 0 Å². The minimum absolute atomic E-state index is 0.0115. The maximum Gasteiger partial charge on any atom is 0.306 e. The Kier molecular flexibility index (Phi) is 5.99. The molecular weight excluding hydrogens is 278 g/mol. The first kappa shape index (κ1) is 16.5. The van der Waals surface area contributed by atoms with Gasteiger partial charge < -0.3 is 10.4 Å². The fourth-order valence-electron chi connectivity index (χ4n) is 3.01. The minimum atomic E-state index is -0.751. The van der Waals surface area contributed by atoms with Crippen LogP contribution in [0.2, 0.25) is 0 Å². The summed E-state index contributed by atoms with van der Waals surface area (Å²) in [7, 11) is 0. The molecule has 0 aliphatic heterocycles. The highest BCUT2D eigenvalue weighted by atomic mass is 16.4. The lowest BCUT2D eigenvalue weighted by Gasteiger charge is -2.12. The molecule has 1 fully saturated rings. The zero-order chi connectivity index (χ0) is 15.9. The zero-order valence-corrected chi connectivity index (χ0v) is 13.2. The van der Waals surface area contributed by atoms with Crippen LogP contribution in [0.1, 0.15) is 50.2 Å². The van der Waals surface area contributed by atoms with Crippen LogP contribution in [-0.4, -0.2) is 23.0 Å². The van der Waals surface area contributed by atoms with E-state index >= 15 is 0 Å². The van der Waals surface area contributed by atoms with Crippen LogP contribution in [-0.2, 0) is 22.4 Å². The summed E-state index contributed by atoms with van der Waals surface area (Å²) in [5.41, 5.74) is 2.32. The van der Waals surface area contributed by atoms with Gasteiger partial charge in [0.1, 0.15) is 0 Å². The summed E-state index contributed by atoms with van der Waals surface area (Å²) in [5, 5.41) is 11.9. The number of benzene rings is 1.